The van der Waals surface area contributed by atoms with Crippen LogP contribution in [-0.4, -0.2) is 161 Å². The minimum absolute atomic E-state index is 0.00611. The number of amides is 10. The van der Waals surface area contributed by atoms with E-state index in [0.717, 1.165) is 0 Å². The number of guanidine groups is 1. The molecule has 27 nitrogen and oxygen atoms in total. The summed E-state index contributed by atoms with van der Waals surface area (Å²) in [6.07, 6.45) is -1.38. The fourth-order valence-electron chi connectivity index (χ4n) is 8.22. The summed E-state index contributed by atoms with van der Waals surface area (Å²) in [5, 5.41) is 45.1. The lowest BCUT2D eigenvalue weighted by Gasteiger charge is -2.31. The van der Waals surface area contributed by atoms with E-state index in [2.05, 4.69) is 52.8 Å². The van der Waals surface area contributed by atoms with E-state index in [4.69, 9.17) is 28.7 Å². The number of unbranched alkanes of at least 4 members (excludes halogenated alkanes) is 1. The Balaban J connectivity index is 6.91. The van der Waals surface area contributed by atoms with Gasteiger partial charge in [0.05, 0.1) is 18.8 Å². The predicted molar refractivity (Wildman–Crippen MR) is 299 cm³/mol. The number of carbonyl (C=O) groups excluding carboxylic acids is 10. The van der Waals surface area contributed by atoms with Crippen LogP contribution in [0.3, 0.4) is 0 Å². The first-order valence-electron chi connectivity index (χ1n) is 27.6. The molecule has 0 spiro atoms. The Morgan fingerprint density at radius 3 is 1.11 bits per heavy atom. The van der Waals surface area contributed by atoms with Gasteiger partial charge in [0.25, 0.3) is 0 Å². The van der Waals surface area contributed by atoms with Gasteiger partial charge >= 0.3 is 0 Å². The van der Waals surface area contributed by atoms with Crippen molar-refractivity contribution in [1.82, 2.24) is 47.9 Å². The van der Waals surface area contributed by atoms with E-state index >= 15 is 0 Å². The largest absolute Gasteiger partial charge is 0.391 e. The second kappa shape index (κ2) is 37.6. The lowest BCUT2D eigenvalue weighted by molar-refractivity contribution is -0.138. The van der Waals surface area contributed by atoms with Gasteiger partial charge in [0.1, 0.15) is 54.4 Å². The molecule has 0 aliphatic carbocycles. The van der Waals surface area contributed by atoms with Crippen molar-refractivity contribution < 1.29 is 58.2 Å². The standard InChI is InChI=1S/C52H99N15O12/c1-13-30(10)40(49(77)60-33(17-14-15-19-53)45(73)66-42(32(12)69)51(79)64-37(23-28(6)7)47(75)62-35(43(55)71)21-26(2)3)65-44(72)34(18-16-20-58-52(56)57)61-50(78)41(31(11)68)67-48(76)38(24-29(8)9)63-46(74)36(22-27(4)5)59-39(70)25-54/h26-38,40-42,68-69H,13-25,53-54H2,1-12H3,(H2,55,71)(H,59,70)(H,60,77)(H,61,78)(H,62,75)(H,63,74)(H,64,79)(H,65,72)(H,66,73)(H,67,76)(H4,56,57,58)/t30-,31+,32+,33-,34-,35-,36-,37-,38-,40-,41-,42-/m0/s1. The molecule has 12 atom stereocenters. The highest BCUT2D eigenvalue weighted by molar-refractivity contribution is 5.99. The highest BCUT2D eigenvalue weighted by Gasteiger charge is 2.38. The van der Waals surface area contributed by atoms with Gasteiger partial charge in [-0.2, -0.15) is 0 Å². The summed E-state index contributed by atoms with van der Waals surface area (Å²) in [6, 6.07) is -12.0. The summed E-state index contributed by atoms with van der Waals surface area (Å²) in [5.74, 6) is -9.32. The van der Waals surface area contributed by atoms with E-state index in [1.807, 2.05) is 27.7 Å². The highest BCUT2D eigenvalue weighted by Crippen LogP contribution is 2.15. The van der Waals surface area contributed by atoms with Crippen LogP contribution in [-0.2, 0) is 47.9 Å². The molecule has 21 N–H and O–H groups in total. The molecule has 0 aliphatic rings. The summed E-state index contributed by atoms with van der Waals surface area (Å²) in [6.45, 7) is 20.3. The maximum atomic E-state index is 14.4. The molecule has 0 aliphatic heterocycles. The number of carbonyl (C=O) groups is 10. The van der Waals surface area contributed by atoms with Gasteiger partial charge in [0.15, 0.2) is 5.96 Å². The van der Waals surface area contributed by atoms with Gasteiger partial charge in [-0.1, -0.05) is 75.7 Å². The third kappa shape index (κ3) is 29.0. The zero-order valence-electron chi connectivity index (χ0n) is 48.7. The maximum Gasteiger partial charge on any atom is 0.245 e. The van der Waals surface area contributed by atoms with Gasteiger partial charge in [-0.25, -0.2) is 0 Å². The number of primary amides is 1. The summed E-state index contributed by atoms with van der Waals surface area (Å²) in [7, 11) is 0. The van der Waals surface area contributed by atoms with Gasteiger partial charge < -0.3 is 86.7 Å². The minimum atomic E-state index is -1.69. The molecule has 10 amide bonds. The lowest BCUT2D eigenvalue weighted by atomic mass is 9.96. The van der Waals surface area contributed by atoms with Crippen LogP contribution in [0.25, 0.3) is 0 Å². The van der Waals surface area contributed by atoms with E-state index in [1.165, 1.54) is 13.8 Å². The third-order valence-corrected chi connectivity index (χ3v) is 12.7. The topological polar surface area (TPSA) is 462 Å². The average molecular weight is 1130 g/mol. The van der Waals surface area contributed by atoms with E-state index in [0.29, 0.717) is 19.3 Å². The molecular weight excluding hydrogens is 1030 g/mol. The number of aliphatic imine (C=N–C) groups is 1. The van der Waals surface area contributed by atoms with E-state index in [1.54, 1.807) is 41.5 Å². The summed E-state index contributed by atoms with van der Waals surface area (Å²) in [5.41, 5.74) is 27.8. The first kappa shape index (κ1) is 72.8. The molecular formula is C52H99N15O12. The SMILES string of the molecule is CC[C@H](C)[C@H](NC(=O)[C@H](CCCN=C(N)N)NC(=O)[C@@H](NC(=O)[C@H](CC(C)C)NC(=O)[C@H](CC(C)C)NC(=O)CN)[C@@H](C)O)C(=O)N[C@@H](CCCCN)C(=O)N[C@H](C(=O)N[C@@H](CC(C)C)C(=O)N[C@@H](CC(C)C)C(N)=O)[C@@H](C)O. The Kier molecular flexibility index (Phi) is 34.7. The molecule has 0 saturated heterocycles. The predicted octanol–water partition coefficient (Wildman–Crippen LogP) is -3.03. The van der Waals surface area contributed by atoms with Crippen molar-refractivity contribution in [3.63, 3.8) is 0 Å². The second-order valence-electron chi connectivity index (χ2n) is 22.1. The molecule has 0 aromatic rings. The molecule has 0 fully saturated rings. The summed E-state index contributed by atoms with van der Waals surface area (Å²) in [4.78, 5) is 140. The van der Waals surface area contributed by atoms with Crippen LogP contribution in [0.2, 0.25) is 0 Å². The number of hydrogen-bond acceptors (Lipinski definition) is 15. The van der Waals surface area contributed by atoms with Crippen molar-refractivity contribution in [3.05, 3.63) is 0 Å². The van der Waals surface area contributed by atoms with Gasteiger partial charge in [0, 0.05) is 6.54 Å². The molecule has 454 valence electrons. The number of nitrogens with two attached hydrogens (primary N) is 5. The minimum Gasteiger partial charge on any atom is -0.391 e. The van der Waals surface area contributed by atoms with Crippen molar-refractivity contribution >= 4 is 65.0 Å². The molecule has 0 aromatic heterocycles. The van der Waals surface area contributed by atoms with Crippen LogP contribution in [0.15, 0.2) is 4.99 Å². The molecule has 0 heterocycles. The molecule has 27 heteroatoms. The Morgan fingerprint density at radius 1 is 0.418 bits per heavy atom. The molecule has 0 rings (SSSR count). The summed E-state index contributed by atoms with van der Waals surface area (Å²) < 4.78 is 0. The Labute approximate surface area is 466 Å². The zero-order chi connectivity index (χ0) is 60.9. The van der Waals surface area contributed by atoms with Gasteiger partial charge in [-0.05, 0) is 108 Å². The molecule has 0 aromatic carbocycles. The van der Waals surface area contributed by atoms with Gasteiger partial charge in [-0.3, -0.25) is 52.9 Å². The van der Waals surface area contributed by atoms with Gasteiger partial charge in [0.2, 0.25) is 59.1 Å². The smallest absolute Gasteiger partial charge is 0.245 e. The van der Waals surface area contributed by atoms with Gasteiger partial charge in [-0.15, -0.1) is 0 Å². The summed E-state index contributed by atoms with van der Waals surface area (Å²) >= 11 is 0. The van der Waals surface area contributed by atoms with Crippen LogP contribution in [0.5, 0.6) is 0 Å². The quantitative estimate of drug-likeness (QED) is 0.0165. The second-order valence-corrected chi connectivity index (χ2v) is 22.1. The van der Waals surface area contributed by atoms with Crippen LogP contribution < -0.4 is 76.5 Å². The first-order chi connectivity index (χ1) is 36.8. The average Bonchev–Trinajstić information content (AvgIpc) is 3.34. The number of aliphatic hydroxyl groups excluding tert-OH is 2. The van der Waals surface area contributed by atoms with Crippen LogP contribution in [0.1, 0.15) is 147 Å². The first-order valence-corrected chi connectivity index (χ1v) is 27.6. The molecule has 0 bridgehead atoms. The van der Waals surface area contributed by atoms with Crippen molar-refractivity contribution in [2.45, 2.75) is 214 Å². The number of aliphatic hydroxyl groups is 2. The number of nitrogens with zero attached hydrogens (tertiary/aromatic N) is 1. The molecule has 79 heavy (non-hydrogen) atoms. The van der Waals surface area contributed by atoms with E-state index in [9.17, 15) is 58.2 Å². The highest BCUT2D eigenvalue weighted by atomic mass is 16.3. The maximum absolute atomic E-state index is 14.4. The van der Waals surface area contributed by atoms with Crippen molar-refractivity contribution in [2.24, 2.45) is 63.3 Å². The van der Waals surface area contributed by atoms with Crippen molar-refractivity contribution in [3.8, 4) is 0 Å². The molecule has 0 saturated carbocycles. The number of hydrogen-bond donors (Lipinski definition) is 16. The zero-order valence-corrected chi connectivity index (χ0v) is 48.7. The van der Waals surface area contributed by atoms with Crippen molar-refractivity contribution in [1.29, 1.82) is 0 Å². The molecule has 0 unspecified atom stereocenters. The Bertz CT molecular complexity index is 2000. The van der Waals surface area contributed by atoms with E-state index < -0.39 is 132 Å². The Morgan fingerprint density at radius 2 is 0.747 bits per heavy atom. The van der Waals surface area contributed by atoms with Crippen LogP contribution in [0, 0.1) is 29.6 Å². The Hall–Kier alpha value is -6.19. The number of nitrogens with one attached hydrogen (secondary N) is 9. The van der Waals surface area contributed by atoms with Crippen molar-refractivity contribution in [2.75, 3.05) is 19.6 Å². The van der Waals surface area contributed by atoms with Crippen LogP contribution in [0.4, 0.5) is 0 Å². The third-order valence-electron chi connectivity index (χ3n) is 12.7. The monoisotopic (exact) mass is 1130 g/mol. The fraction of sp³-hybridized carbons (Fsp3) is 0.788. The molecule has 0 radical (unpaired) electrons. The fourth-order valence-corrected chi connectivity index (χ4v) is 8.22. The normalized spacial score (nSPS) is 16.0. The van der Waals surface area contributed by atoms with E-state index in [-0.39, 0.29) is 94.2 Å². The van der Waals surface area contributed by atoms with Crippen LogP contribution >= 0.6 is 0 Å². The lowest BCUT2D eigenvalue weighted by Crippen LogP contribution is -2.63. The number of rotatable bonds is 39.